The van der Waals surface area contributed by atoms with Crippen LogP contribution in [-0.2, 0) is 0 Å². The highest BCUT2D eigenvalue weighted by atomic mass is 15.8. The largest absolute Gasteiger partial charge is 0.227 e. The molecule has 3 nitrogen and oxygen atoms in total. The average Bonchev–Trinajstić information content (AvgIpc) is 2.59. The minimum absolute atomic E-state index is 1.04. The van der Waals surface area contributed by atoms with Gasteiger partial charge in [0.05, 0.1) is 0 Å². The van der Waals surface area contributed by atoms with E-state index in [4.69, 9.17) is 0 Å². The smallest absolute Gasteiger partial charge is 0.0334 e. The second-order valence-electron chi connectivity index (χ2n) is 2.98. The van der Waals surface area contributed by atoms with E-state index < -0.39 is 0 Å². The first-order valence-electron chi connectivity index (χ1n) is 4.16. The van der Waals surface area contributed by atoms with Crippen molar-refractivity contribution in [3.05, 3.63) is 0 Å². The van der Waals surface area contributed by atoms with Crippen molar-refractivity contribution in [2.75, 3.05) is 26.2 Å². The molecule has 0 atom stereocenters. The molecule has 2 heterocycles. The molecule has 0 N–H and O–H groups in total. The van der Waals surface area contributed by atoms with Gasteiger partial charge in [0.1, 0.15) is 0 Å². The summed E-state index contributed by atoms with van der Waals surface area (Å²) in [7, 11) is 0. The third kappa shape index (κ3) is 1.17. The van der Waals surface area contributed by atoms with Gasteiger partial charge in [-0.15, -0.1) is 5.43 Å². The fraction of sp³-hybridized carbons (Fsp3) is 1.00. The van der Waals surface area contributed by atoms with E-state index in [0.29, 0.717) is 0 Å². The molecule has 1 radical (unpaired) electrons. The predicted molar refractivity (Wildman–Crippen MR) is 39.1 cm³/mol. The number of hydrogen-bond donors (Lipinski definition) is 0. The Hall–Kier alpha value is -0.120. The van der Waals surface area contributed by atoms with Gasteiger partial charge in [0.15, 0.2) is 0 Å². The quantitative estimate of drug-likeness (QED) is 0.519. The molecule has 0 aromatic carbocycles. The van der Waals surface area contributed by atoms with Crippen LogP contribution in [0.4, 0.5) is 0 Å². The zero-order chi connectivity index (χ0) is 6.81. The molecule has 2 rings (SSSR count). The Labute approximate surface area is 61.9 Å². The van der Waals surface area contributed by atoms with Crippen LogP contribution >= 0.6 is 0 Å². The molecule has 0 unspecified atom stereocenters. The Morgan fingerprint density at radius 3 is 2.30 bits per heavy atom. The topological polar surface area (TPSA) is 20.6 Å². The van der Waals surface area contributed by atoms with Crippen LogP contribution in [0.3, 0.4) is 0 Å². The van der Waals surface area contributed by atoms with Crippen molar-refractivity contribution in [1.29, 1.82) is 0 Å². The van der Waals surface area contributed by atoms with Gasteiger partial charge in [-0.05, 0) is 19.3 Å². The minimum atomic E-state index is 1.04. The summed E-state index contributed by atoms with van der Waals surface area (Å²) in [5.41, 5.74) is 4.38. The molecular weight excluding hydrogens is 126 g/mol. The normalized spacial score (nSPS) is 30.0. The Morgan fingerprint density at radius 1 is 0.900 bits per heavy atom. The van der Waals surface area contributed by atoms with Crippen LogP contribution < -0.4 is 5.43 Å². The summed E-state index contributed by atoms with van der Waals surface area (Å²) in [6.07, 6.45) is 3.95. The Kier molecular flexibility index (Phi) is 1.88. The van der Waals surface area contributed by atoms with E-state index in [2.05, 4.69) is 15.6 Å². The van der Waals surface area contributed by atoms with Gasteiger partial charge in [-0.25, -0.2) is 5.01 Å². The summed E-state index contributed by atoms with van der Waals surface area (Å²) in [6.45, 7) is 4.64. The number of nitrogens with zero attached hydrogens (tertiary/aromatic N) is 3. The van der Waals surface area contributed by atoms with Crippen LogP contribution in [-0.4, -0.2) is 36.3 Å². The van der Waals surface area contributed by atoms with Crippen molar-refractivity contribution in [2.24, 2.45) is 0 Å². The molecule has 2 aliphatic rings. The van der Waals surface area contributed by atoms with E-state index >= 15 is 0 Å². The average molecular weight is 140 g/mol. The van der Waals surface area contributed by atoms with Crippen molar-refractivity contribution in [3.8, 4) is 0 Å². The molecule has 2 fully saturated rings. The molecular formula is C7H14N3. The Bertz CT molecular complexity index is 89.4. The minimum Gasteiger partial charge on any atom is -0.227 e. The number of rotatable bonds is 1. The fourth-order valence-corrected chi connectivity index (χ4v) is 1.63. The maximum absolute atomic E-state index is 4.38. The van der Waals surface area contributed by atoms with Gasteiger partial charge < -0.3 is 0 Å². The van der Waals surface area contributed by atoms with Crippen molar-refractivity contribution < 1.29 is 0 Å². The molecule has 0 bridgehead atoms. The Morgan fingerprint density at radius 2 is 1.70 bits per heavy atom. The summed E-state index contributed by atoms with van der Waals surface area (Å²) in [5, 5.41) is 4.53. The highest BCUT2D eigenvalue weighted by molar-refractivity contribution is 4.66. The molecule has 3 heteroatoms. The van der Waals surface area contributed by atoms with Crippen molar-refractivity contribution in [1.82, 2.24) is 15.6 Å². The molecule has 0 aromatic rings. The number of hydrazine groups is 1. The summed E-state index contributed by atoms with van der Waals surface area (Å²) >= 11 is 0. The second kappa shape index (κ2) is 2.86. The molecule has 0 aliphatic carbocycles. The highest BCUT2D eigenvalue weighted by Crippen LogP contribution is 2.12. The third-order valence-electron chi connectivity index (χ3n) is 2.19. The molecule has 57 valence electrons. The number of hydrogen-bond acceptors (Lipinski definition) is 2. The molecule has 0 amide bonds. The lowest BCUT2D eigenvalue weighted by atomic mass is 10.4. The van der Waals surface area contributed by atoms with Crippen LogP contribution in [0.2, 0.25) is 0 Å². The van der Waals surface area contributed by atoms with Gasteiger partial charge in [0.25, 0.3) is 0 Å². The molecule has 2 saturated heterocycles. The lowest BCUT2D eigenvalue weighted by Crippen LogP contribution is -2.41. The molecule has 0 aromatic heterocycles. The monoisotopic (exact) mass is 140 g/mol. The van der Waals surface area contributed by atoms with Crippen LogP contribution in [0.5, 0.6) is 0 Å². The van der Waals surface area contributed by atoms with Crippen molar-refractivity contribution in [2.45, 2.75) is 19.3 Å². The zero-order valence-corrected chi connectivity index (χ0v) is 6.29. The van der Waals surface area contributed by atoms with Gasteiger partial charge in [0.2, 0.25) is 0 Å². The second-order valence-corrected chi connectivity index (χ2v) is 2.98. The van der Waals surface area contributed by atoms with Crippen LogP contribution in [0.1, 0.15) is 19.3 Å². The Balaban J connectivity index is 1.85. The zero-order valence-electron chi connectivity index (χ0n) is 6.29. The van der Waals surface area contributed by atoms with E-state index in [1.807, 2.05) is 0 Å². The first-order valence-corrected chi connectivity index (χ1v) is 4.16. The third-order valence-corrected chi connectivity index (χ3v) is 2.19. The van der Waals surface area contributed by atoms with Crippen LogP contribution in [0.25, 0.3) is 0 Å². The summed E-state index contributed by atoms with van der Waals surface area (Å²) in [6, 6.07) is 0. The van der Waals surface area contributed by atoms with Gasteiger partial charge in [-0.1, -0.05) is 0 Å². The van der Waals surface area contributed by atoms with Crippen molar-refractivity contribution in [3.63, 3.8) is 0 Å². The maximum atomic E-state index is 4.38. The highest BCUT2D eigenvalue weighted by Gasteiger charge is 2.22. The van der Waals surface area contributed by atoms with E-state index in [-0.39, 0.29) is 0 Å². The molecule has 2 aliphatic heterocycles. The van der Waals surface area contributed by atoms with Gasteiger partial charge in [-0.3, -0.25) is 0 Å². The van der Waals surface area contributed by atoms with E-state index in [1.54, 1.807) is 0 Å². The first-order chi connectivity index (χ1) is 4.97. The standard InChI is InChI=1S/C7H14N3/c1-2-6-9(5-1)10-7-3-4-8-10/h1-7H2. The van der Waals surface area contributed by atoms with Crippen LogP contribution in [0.15, 0.2) is 0 Å². The van der Waals surface area contributed by atoms with Crippen molar-refractivity contribution >= 4 is 0 Å². The fourth-order valence-electron chi connectivity index (χ4n) is 1.63. The SMILES string of the molecule is C1CCN(N2CCC[N]2)C1. The first kappa shape index (κ1) is 6.58. The molecule has 0 spiro atoms. The van der Waals surface area contributed by atoms with Gasteiger partial charge in [-0.2, -0.15) is 5.12 Å². The molecule has 10 heavy (non-hydrogen) atoms. The van der Waals surface area contributed by atoms with Gasteiger partial charge in [0, 0.05) is 26.2 Å². The van der Waals surface area contributed by atoms with E-state index in [9.17, 15) is 0 Å². The summed E-state index contributed by atoms with van der Waals surface area (Å²) in [4.78, 5) is 0. The summed E-state index contributed by atoms with van der Waals surface area (Å²) in [5.74, 6) is 0. The predicted octanol–water partition coefficient (Wildman–Crippen LogP) is 0.222. The van der Waals surface area contributed by atoms with E-state index in [0.717, 1.165) is 13.1 Å². The molecule has 0 saturated carbocycles. The lowest BCUT2D eigenvalue weighted by Gasteiger charge is -2.24. The van der Waals surface area contributed by atoms with Crippen LogP contribution in [0, 0.1) is 0 Å². The lowest BCUT2D eigenvalue weighted by molar-refractivity contribution is -0.0269. The summed E-state index contributed by atoms with van der Waals surface area (Å²) < 4.78 is 0. The maximum Gasteiger partial charge on any atom is 0.0334 e. The van der Waals surface area contributed by atoms with E-state index in [1.165, 1.54) is 32.4 Å². The van der Waals surface area contributed by atoms with Gasteiger partial charge >= 0.3 is 0 Å².